The van der Waals surface area contributed by atoms with Crippen molar-refractivity contribution in [3.05, 3.63) is 29.3 Å². The number of benzene rings is 1. The molecule has 1 saturated carbocycles. The van der Waals surface area contributed by atoms with E-state index in [0.717, 1.165) is 12.8 Å². The highest BCUT2D eigenvalue weighted by molar-refractivity contribution is 7.80. The molecule has 0 atom stereocenters. The molecule has 2 rings (SSSR count). The lowest BCUT2D eigenvalue weighted by atomic mass is 10.3. The van der Waals surface area contributed by atoms with Crippen LogP contribution in [0.3, 0.4) is 0 Å². The van der Waals surface area contributed by atoms with Gasteiger partial charge in [-0.05, 0) is 49.3 Å². The lowest BCUT2D eigenvalue weighted by Crippen LogP contribution is -2.50. The maximum atomic E-state index is 11.5. The van der Waals surface area contributed by atoms with Crippen LogP contribution in [0.15, 0.2) is 24.3 Å². The molecule has 112 valence electrons. The van der Waals surface area contributed by atoms with Crippen molar-refractivity contribution in [2.45, 2.75) is 12.8 Å². The Balaban J connectivity index is 1.63. The fourth-order valence-corrected chi connectivity index (χ4v) is 1.71. The van der Waals surface area contributed by atoms with E-state index >= 15 is 0 Å². The molecule has 0 aromatic heterocycles. The Morgan fingerprint density at radius 3 is 2.52 bits per heavy atom. The molecule has 0 unspecified atom stereocenters. The number of hydrazine groups is 1. The first-order valence-electron chi connectivity index (χ1n) is 6.32. The minimum atomic E-state index is -0.423. The summed E-state index contributed by atoms with van der Waals surface area (Å²) in [7, 11) is 0. The van der Waals surface area contributed by atoms with E-state index < -0.39 is 5.91 Å². The first kappa shape index (κ1) is 15.5. The predicted octanol–water partition coefficient (Wildman–Crippen LogP) is 1.15. The summed E-state index contributed by atoms with van der Waals surface area (Å²) in [5.41, 5.74) is 4.77. The lowest BCUT2D eigenvalue weighted by molar-refractivity contribution is -0.124. The van der Waals surface area contributed by atoms with Crippen molar-refractivity contribution in [3.63, 3.8) is 0 Å². The molecule has 0 bridgehead atoms. The van der Waals surface area contributed by atoms with Crippen LogP contribution in [0.2, 0.25) is 5.02 Å². The number of halogens is 1. The molecule has 1 aromatic carbocycles. The number of thiocarbonyl (C=S) groups is 1. The van der Waals surface area contributed by atoms with Crippen molar-refractivity contribution in [1.29, 1.82) is 0 Å². The van der Waals surface area contributed by atoms with Gasteiger partial charge < -0.3 is 10.1 Å². The van der Waals surface area contributed by atoms with Gasteiger partial charge >= 0.3 is 0 Å². The van der Waals surface area contributed by atoms with Crippen LogP contribution in [0.25, 0.3) is 0 Å². The fraction of sp³-hybridized carbons (Fsp3) is 0.308. The SMILES string of the molecule is O=C(COc1ccc(Cl)cc1)NNC(=S)NC(=O)C1CC1. The standard InChI is InChI=1S/C13H14ClN3O3S/c14-9-3-5-10(6-4-9)20-7-11(18)16-17-13(21)15-12(19)8-1-2-8/h3-6,8H,1-2,7H2,(H,16,18)(H2,15,17,19,21). The maximum absolute atomic E-state index is 11.5. The van der Waals surface area contributed by atoms with Crippen molar-refractivity contribution in [1.82, 2.24) is 16.2 Å². The zero-order valence-corrected chi connectivity index (χ0v) is 12.6. The van der Waals surface area contributed by atoms with Gasteiger partial charge in [0.05, 0.1) is 0 Å². The summed E-state index contributed by atoms with van der Waals surface area (Å²) in [6.45, 7) is -0.187. The second-order valence-electron chi connectivity index (χ2n) is 4.51. The monoisotopic (exact) mass is 327 g/mol. The second kappa shape index (κ2) is 7.24. The van der Waals surface area contributed by atoms with Gasteiger partial charge in [0.1, 0.15) is 5.75 Å². The Morgan fingerprint density at radius 2 is 1.90 bits per heavy atom. The molecule has 0 radical (unpaired) electrons. The number of hydrogen-bond acceptors (Lipinski definition) is 4. The molecule has 0 saturated heterocycles. The molecule has 0 heterocycles. The van der Waals surface area contributed by atoms with Crippen LogP contribution in [-0.2, 0) is 9.59 Å². The summed E-state index contributed by atoms with van der Waals surface area (Å²) in [6.07, 6.45) is 1.77. The average Bonchev–Trinajstić information content (AvgIpc) is 3.29. The highest BCUT2D eigenvalue weighted by atomic mass is 35.5. The smallest absolute Gasteiger partial charge is 0.276 e. The van der Waals surface area contributed by atoms with Crippen molar-refractivity contribution < 1.29 is 14.3 Å². The molecule has 1 fully saturated rings. The van der Waals surface area contributed by atoms with Gasteiger partial charge in [-0.1, -0.05) is 11.6 Å². The normalized spacial score (nSPS) is 13.2. The largest absolute Gasteiger partial charge is 0.484 e. The minimum absolute atomic E-state index is 0.0497. The van der Waals surface area contributed by atoms with Crippen molar-refractivity contribution in [2.24, 2.45) is 5.92 Å². The number of amides is 2. The van der Waals surface area contributed by atoms with E-state index in [1.807, 2.05) is 0 Å². The van der Waals surface area contributed by atoms with Gasteiger partial charge in [-0.25, -0.2) is 0 Å². The average molecular weight is 328 g/mol. The number of nitrogens with one attached hydrogen (secondary N) is 3. The van der Waals surface area contributed by atoms with E-state index in [-0.39, 0.29) is 23.5 Å². The fourth-order valence-electron chi connectivity index (χ4n) is 1.43. The molecule has 1 aliphatic rings. The molecule has 2 amide bonds. The Labute approximate surface area is 132 Å². The summed E-state index contributed by atoms with van der Waals surface area (Å²) in [5.74, 6) is 0.0278. The molecule has 8 heteroatoms. The van der Waals surface area contributed by atoms with E-state index in [2.05, 4.69) is 16.2 Å². The number of hydrogen-bond donors (Lipinski definition) is 3. The summed E-state index contributed by atoms with van der Waals surface area (Å²) >= 11 is 10.6. The topological polar surface area (TPSA) is 79.5 Å². The number of carbonyl (C=O) groups is 2. The summed E-state index contributed by atoms with van der Waals surface area (Å²) in [4.78, 5) is 22.9. The highest BCUT2D eigenvalue weighted by Gasteiger charge is 2.30. The highest BCUT2D eigenvalue weighted by Crippen LogP contribution is 2.28. The van der Waals surface area contributed by atoms with Gasteiger partial charge in [-0.15, -0.1) is 0 Å². The van der Waals surface area contributed by atoms with Crippen molar-refractivity contribution in [2.75, 3.05) is 6.61 Å². The number of ether oxygens (including phenoxy) is 1. The summed E-state index contributed by atoms with van der Waals surface area (Å²) in [6, 6.07) is 6.64. The molecule has 1 aliphatic carbocycles. The summed E-state index contributed by atoms with van der Waals surface area (Å²) in [5, 5.41) is 3.14. The quantitative estimate of drug-likeness (QED) is 0.571. The van der Waals surface area contributed by atoms with Crippen LogP contribution in [0.1, 0.15) is 12.8 Å². The van der Waals surface area contributed by atoms with Gasteiger partial charge in [-0.2, -0.15) is 0 Å². The molecule has 1 aromatic rings. The van der Waals surface area contributed by atoms with Gasteiger partial charge in [-0.3, -0.25) is 20.4 Å². The van der Waals surface area contributed by atoms with Crippen molar-refractivity contribution in [3.8, 4) is 5.75 Å². The first-order valence-corrected chi connectivity index (χ1v) is 7.11. The third kappa shape index (κ3) is 5.57. The molecule has 3 N–H and O–H groups in total. The number of carbonyl (C=O) groups excluding carboxylic acids is 2. The Kier molecular flexibility index (Phi) is 5.35. The van der Waals surface area contributed by atoms with E-state index in [1.54, 1.807) is 24.3 Å². The third-order valence-corrected chi connectivity index (χ3v) is 3.14. The van der Waals surface area contributed by atoms with E-state index in [4.69, 9.17) is 28.6 Å². The molecule has 0 spiro atoms. The van der Waals surface area contributed by atoms with E-state index in [0.29, 0.717) is 10.8 Å². The van der Waals surface area contributed by atoms with E-state index in [1.165, 1.54) is 0 Å². The van der Waals surface area contributed by atoms with E-state index in [9.17, 15) is 9.59 Å². The zero-order valence-electron chi connectivity index (χ0n) is 11.0. The van der Waals surface area contributed by atoms with Gasteiger partial charge in [0.2, 0.25) is 5.91 Å². The van der Waals surface area contributed by atoms with Crippen LogP contribution in [0.4, 0.5) is 0 Å². The van der Waals surface area contributed by atoms with Crippen LogP contribution in [0, 0.1) is 5.92 Å². The molecular weight excluding hydrogens is 314 g/mol. The maximum Gasteiger partial charge on any atom is 0.276 e. The predicted molar refractivity (Wildman–Crippen MR) is 81.7 cm³/mol. The van der Waals surface area contributed by atoms with Gasteiger partial charge in [0.25, 0.3) is 5.91 Å². The molecule has 0 aliphatic heterocycles. The Hall–Kier alpha value is -1.86. The van der Waals surface area contributed by atoms with Crippen LogP contribution >= 0.6 is 23.8 Å². The van der Waals surface area contributed by atoms with Crippen LogP contribution in [-0.4, -0.2) is 23.5 Å². The second-order valence-corrected chi connectivity index (χ2v) is 5.35. The number of rotatable bonds is 4. The zero-order chi connectivity index (χ0) is 15.2. The van der Waals surface area contributed by atoms with Crippen molar-refractivity contribution >= 4 is 40.7 Å². The summed E-state index contributed by atoms with van der Waals surface area (Å²) < 4.78 is 5.24. The van der Waals surface area contributed by atoms with Gasteiger partial charge in [0.15, 0.2) is 11.7 Å². The Morgan fingerprint density at radius 1 is 1.24 bits per heavy atom. The molecule has 6 nitrogen and oxygen atoms in total. The first-order chi connectivity index (χ1) is 10.0. The van der Waals surface area contributed by atoms with Crippen LogP contribution < -0.4 is 20.9 Å². The molecule has 21 heavy (non-hydrogen) atoms. The lowest BCUT2D eigenvalue weighted by Gasteiger charge is -2.11. The molecular formula is C13H14ClN3O3S. The third-order valence-electron chi connectivity index (χ3n) is 2.68. The van der Waals surface area contributed by atoms with Crippen LogP contribution in [0.5, 0.6) is 5.75 Å². The van der Waals surface area contributed by atoms with Gasteiger partial charge in [0, 0.05) is 10.9 Å². The Bertz CT molecular complexity index is 546. The minimum Gasteiger partial charge on any atom is -0.484 e.